The average molecular weight is 381 g/mol. The summed E-state index contributed by atoms with van der Waals surface area (Å²) in [4.78, 5) is 19.4. The van der Waals surface area contributed by atoms with Gasteiger partial charge in [0.2, 0.25) is 11.7 Å². The molecule has 4 rings (SSSR count). The zero-order valence-electron chi connectivity index (χ0n) is 15.5. The van der Waals surface area contributed by atoms with Crippen LogP contribution in [-0.2, 0) is 0 Å². The van der Waals surface area contributed by atoms with E-state index in [0.717, 1.165) is 12.8 Å². The van der Waals surface area contributed by atoms with Gasteiger partial charge in [0.05, 0.1) is 12.2 Å². The number of carbonyl (C=O) groups excluding carboxylic acids is 1. The molecule has 1 fully saturated rings. The third-order valence-corrected chi connectivity index (χ3v) is 4.76. The van der Waals surface area contributed by atoms with Crippen LogP contribution in [-0.4, -0.2) is 34.1 Å². The molecule has 0 radical (unpaired) electrons. The molecule has 0 saturated carbocycles. The molecule has 0 bridgehead atoms. The van der Waals surface area contributed by atoms with Crippen LogP contribution in [0, 0.1) is 5.82 Å². The van der Waals surface area contributed by atoms with Gasteiger partial charge >= 0.3 is 0 Å². The molecule has 1 aromatic heterocycles. The summed E-state index contributed by atoms with van der Waals surface area (Å²) in [7, 11) is 0. The maximum atomic E-state index is 13.2. The Morgan fingerprint density at radius 2 is 2.04 bits per heavy atom. The van der Waals surface area contributed by atoms with Crippen LogP contribution >= 0.6 is 0 Å². The minimum atomic E-state index is -0.326. The summed E-state index contributed by atoms with van der Waals surface area (Å²) in [5.41, 5.74) is 1.18. The first kappa shape index (κ1) is 18.2. The van der Waals surface area contributed by atoms with Gasteiger partial charge in [-0.15, -0.1) is 0 Å². The van der Waals surface area contributed by atoms with Gasteiger partial charge < -0.3 is 14.2 Å². The van der Waals surface area contributed by atoms with Crippen LogP contribution in [0.4, 0.5) is 4.39 Å². The lowest BCUT2D eigenvalue weighted by atomic mass is 10.1. The molecule has 0 spiro atoms. The van der Waals surface area contributed by atoms with Gasteiger partial charge in [-0.25, -0.2) is 4.39 Å². The molecule has 2 heterocycles. The fraction of sp³-hybridized carbons (Fsp3) is 0.286. The van der Waals surface area contributed by atoms with Gasteiger partial charge in [0.25, 0.3) is 5.91 Å². The number of carbonyl (C=O) groups is 1. The van der Waals surface area contributed by atoms with E-state index in [-0.39, 0.29) is 17.8 Å². The Kier molecular flexibility index (Phi) is 5.06. The highest BCUT2D eigenvalue weighted by molar-refractivity contribution is 5.97. The zero-order chi connectivity index (χ0) is 19.5. The van der Waals surface area contributed by atoms with Crippen molar-refractivity contribution in [1.82, 2.24) is 15.0 Å². The van der Waals surface area contributed by atoms with E-state index in [2.05, 4.69) is 10.1 Å². The highest BCUT2D eigenvalue weighted by atomic mass is 19.1. The summed E-state index contributed by atoms with van der Waals surface area (Å²) in [6, 6.07) is 12.8. The van der Waals surface area contributed by atoms with E-state index < -0.39 is 0 Å². The van der Waals surface area contributed by atoms with Gasteiger partial charge in [0.15, 0.2) is 0 Å². The SMILES string of the molecule is CCOc1ccccc1C(=O)N1CCC[C@H]1c1nc(-c2ccc(F)cc2)no1. The molecule has 1 amide bonds. The number of likely N-dealkylation sites (tertiary alicyclic amines) is 1. The van der Waals surface area contributed by atoms with E-state index in [0.29, 0.717) is 41.7 Å². The topological polar surface area (TPSA) is 68.5 Å². The maximum absolute atomic E-state index is 13.2. The molecule has 0 aliphatic carbocycles. The molecular formula is C21H20FN3O3. The molecule has 28 heavy (non-hydrogen) atoms. The van der Waals surface area contributed by atoms with Gasteiger partial charge in [-0.1, -0.05) is 17.3 Å². The normalized spacial score (nSPS) is 16.4. The van der Waals surface area contributed by atoms with Gasteiger partial charge in [-0.05, 0) is 56.2 Å². The predicted molar refractivity (Wildman–Crippen MR) is 100 cm³/mol. The maximum Gasteiger partial charge on any atom is 0.258 e. The van der Waals surface area contributed by atoms with Gasteiger partial charge in [-0.3, -0.25) is 4.79 Å². The number of nitrogens with zero attached hydrogens (tertiary/aromatic N) is 3. The minimum absolute atomic E-state index is 0.118. The van der Waals surface area contributed by atoms with Crippen molar-refractivity contribution in [3.05, 3.63) is 65.8 Å². The number of ether oxygens (including phenoxy) is 1. The number of hydrogen-bond donors (Lipinski definition) is 0. The molecule has 1 atom stereocenters. The number of aromatic nitrogens is 2. The van der Waals surface area contributed by atoms with Crippen molar-refractivity contribution in [1.29, 1.82) is 0 Å². The van der Waals surface area contributed by atoms with Crippen LogP contribution in [0.15, 0.2) is 53.1 Å². The summed E-state index contributed by atoms with van der Waals surface area (Å²) in [5, 5.41) is 4.00. The van der Waals surface area contributed by atoms with Gasteiger partial charge in [0.1, 0.15) is 17.6 Å². The van der Waals surface area contributed by atoms with Crippen LogP contribution in [0.2, 0.25) is 0 Å². The molecule has 1 saturated heterocycles. The molecule has 144 valence electrons. The molecule has 7 heteroatoms. The Labute approximate surface area is 161 Å². The Bertz CT molecular complexity index is 971. The van der Waals surface area contributed by atoms with Crippen molar-refractivity contribution < 1.29 is 18.4 Å². The molecule has 2 aromatic carbocycles. The molecule has 0 unspecified atom stereocenters. The van der Waals surface area contributed by atoms with Crippen LogP contribution < -0.4 is 4.74 Å². The summed E-state index contributed by atoms with van der Waals surface area (Å²) in [6.07, 6.45) is 1.59. The number of rotatable bonds is 5. The summed E-state index contributed by atoms with van der Waals surface area (Å²) in [5.74, 6) is 0.891. The van der Waals surface area contributed by atoms with E-state index in [9.17, 15) is 9.18 Å². The number of hydrogen-bond acceptors (Lipinski definition) is 5. The molecule has 6 nitrogen and oxygen atoms in total. The second-order valence-corrected chi connectivity index (χ2v) is 6.55. The second-order valence-electron chi connectivity index (χ2n) is 6.55. The number of benzene rings is 2. The molecule has 3 aromatic rings. The monoisotopic (exact) mass is 381 g/mol. The molecular weight excluding hydrogens is 361 g/mol. The Morgan fingerprint density at radius 1 is 1.25 bits per heavy atom. The first-order valence-corrected chi connectivity index (χ1v) is 9.29. The van der Waals surface area contributed by atoms with Crippen molar-refractivity contribution in [2.75, 3.05) is 13.2 Å². The number of amides is 1. The Balaban J connectivity index is 1.59. The number of halogens is 1. The summed E-state index contributed by atoms with van der Waals surface area (Å²) < 4.78 is 24.2. The van der Waals surface area contributed by atoms with Crippen molar-refractivity contribution in [2.45, 2.75) is 25.8 Å². The highest BCUT2D eigenvalue weighted by Gasteiger charge is 2.35. The lowest BCUT2D eigenvalue weighted by Crippen LogP contribution is -2.31. The first-order valence-electron chi connectivity index (χ1n) is 9.29. The lowest BCUT2D eigenvalue weighted by molar-refractivity contribution is 0.0706. The van der Waals surface area contributed by atoms with E-state index in [1.165, 1.54) is 12.1 Å². The van der Waals surface area contributed by atoms with Crippen molar-refractivity contribution in [3.8, 4) is 17.1 Å². The second kappa shape index (κ2) is 7.80. The molecule has 1 aliphatic heterocycles. The molecule has 1 aliphatic rings. The first-order chi connectivity index (χ1) is 13.7. The largest absolute Gasteiger partial charge is 0.493 e. The minimum Gasteiger partial charge on any atom is -0.493 e. The average Bonchev–Trinajstić information content (AvgIpc) is 3.38. The van der Waals surface area contributed by atoms with Crippen LogP contribution in [0.25, 0.3) is 11.4 Å². The van der Waals surface area contributed by atoms with Gasteiger partial charge in [0, 0.05) is 12.1 Å². The summed E-state index contributed by atoms with van der Waals surface area (Å²) >= 11 is 0. The Morgan fingerprint density at radius 3 is 2.82 bits per heavy atom. The van der Waals surface area contributed by atoms with Crippen LogP contribution in [0.1, 0.15) is 42.1 Å². The fourth-order valence-electron chi connectivity index (χ4n) is 3.43. The van der Waals surface area contributed by atoms with Crippen molar-refractivity contribution in [2.24, 2.45) is 0 Å². The summed E-state index contributed by atoms with van der Waals surface area (Å²) in [6.45, 7) is 2.98. The van der Waals surface area contributed by atoms with E-state index in [1.807, 2.05) is 19.1 Å². The molecule has 0 N–H and O–H groups in total. The zero-order valence-corrected chi connectivity index (χ0v) is 15.5. The number of para-hydroxylation sites is 1. The lowest BCUT2D eigenvalue weighted by Gasteiger charge is -2.23. The fourth-order valence-corrected chi connectivity index (χ4v) is 3.43. The van der Waals surface area contributed by atoms with E-state index in [4.69, 9.17) is 9.26 Å². The quantitative estimate of drug-likeness (QED) is 0.661. The Hall–Kier alpha value is -3.22. The van der Waals surface area contributed by atoms with Crippen LogP contribution in [0.5, 0.6) is 5.75 Å². The van der Waals surface area contributed by atoms with Crippen molar-refractivity contribution in [3.63, 3.8) is 0 Å². The van der Waals surface area contributed by atoms with E-state index >= 15 is 0 Å². The smallest absolute Gasteiger partial charge is 0.258 e. The third-order valence-electron chi connectivity index (χ3n) is 4.76. The van der Waals surface area contributed by atoms with Gasteiger partial charge in [-0.2, -0.15) is 4.98 Å². The highest BCUT2D eigenvalue weighted by Crippen LogP contribution is 2.34. The third kappa shape index (κ3) is 3.47. The van der Waals surface area contributed by atoms with Crippen LogP contribution in [0.3, 0.4) is 0 Å². The predicted octanol–water partition coefficient (Wildman–Crippen LogP) is 4.25. The van der Waals surface area contributed by atoms with E-state index in [1.54, 1.807) is 29.2 Å². The van der Waals surface area contributed by atoms with Crippen molar-refractivity contribution >= 4 is 5.91 Å². The standard InChI is InChI=1S/C21H20FN3O3/c1-2-27-18-8-4-3-6-16(18)21(26)25-13-5-7-17(25)20-23-19(24-28-20)14-9-11-15(22)12-10-14/h3-4,6,8-12,17H,2,5,7,13H2,1H3/t17-/m0/s1.